The van der Waals surface area contributed by atoms with Crippen molar-refractivity contribution in [3.8, 4) is 0 Å². The van der Waals surface area contributed by atoms with Crippen molar-refractivity contribution in [1.82, 2.24) is 0 Å². The van der Waals surface area contributed by atoms with Gasteiger partial charge in [0.1, 0.15) is 0 Å². The van der Waals surface area contributed by atoms with Gasteiger partial charge in [0, 0.05) is 36.1 Å². The van der Waals surface area contributed by atoms with E-state index in [1.807, 2.05) is 0 Å². The van der Waals surface area contributed by atoms with Crippen LogP contribution in [0, 0.1) is 0 Å². The van der Waals surface area contributed by atoms with Crippen LogP contribution in [0.25, 0.3) is 0 Å². The van der Waals surface area contributed by atoms with E-state index in [-0.39, 0.29) is 0 Å². The maximum absolute atomic E-state index is 12.3. The van der Waals surface area contributed by atoms with Gasteiger partial charge in [-0.1, -0.05) is 46.4 Å². The second kappa shape index (κ2) is 8.52. The molecule has 0 radical (unpaired) electrons. The number of hydrogen-bond acceptors (Lipinski definition) is 6. The Bertz CT molecular complexity index is 1080. The molecule has 4 N–H and O–H groups in total. The van der Waals surface area contributed by atoms with E-state index in [1.54, 1.807) is 24.3 Å². The van der Waals surface area contributed by atoms with Crippen LogP contribution in [0.5, 0.6) is 0 Å². The lowest BCUT2D eigenvalue weighted by molar-refractivity contribution is -0.157. The first-order valence-corrected chi connectivity index (χ1v) is 11.2. The molecule has 0 aromatic heterocycles. The Morgan fingerprint density at radius 1 is 0.719 bits per heavy atom. The molecule has 2 aromatic rings. The first-order valence-electron chi connectivity index (χ1n) is 9.69. The van der Waals surface area contributed by atoms with Crippen LogP contribution in [0.2, 0.25) is 20.1 Å². The Labute approximate surface area is 204 Å². The number of carbonyl (C=O) groups is 2. The first kappa shape index (κ1) is 23.4. The lowest BCUT2D eigenvalue weighted by Crippen LogP contribution is -2.39. The van der Waals surface area contributed by atoms with E-state index in [2.05, 4.69) is 0 Å². The van der Waals surface area contributed by atoms with Crippen molar-refractivity contribution in [3.05, 3.63) is 78.8 Å². The summed E-state index contributed by atoms with van der Waals surface area (Å²) in [6, 6.07) is 6.58. The molecule has 0 fully saturated rings. The van der Waals surface area contributed by atoms with Crippen LogP contribution in [-0.4, -0.2) is 11.9 Å². The number of aryl methyl sites for hydroxylation is 2. The summed E-state index contributed by atoms with van der Waals surface area (Å²) in [5, 5.41) is 1.42. The first-order chi connectivity index (χ1) is 15.0. The van der Waals surface area contributed by atoms with E-state index in [9.17, 15) is 9.59 Å². The zero-order valence-electron chi connectivity index (χ0n) is 16.6. The lowest BCUT2D eigenvalue weighted by Gasteiger charge is -2.26. The molecule has 168 valence electrons. The molecule has 6 nitrogen and oxygen atoms in total. The molecule has 2 atom stereocenters. The van der Waals surface area contributed by atoms with E-state index in [0.717, 1.165) is 23.3 Å². The number of carbonyl (C=O) groups excluding carboxylic acids is 2. The summed E-state index contributed by atoms with van der Waals surface area (Å²) >= 11 is 24.2. The molecule has 32 heavy (non-hydrogen) atoms. The van der Waals surface area contributed by atoms with Crippen LogP contribution in [0.4, 0.5) is 0 Å². The maximum Gasteiger partial charge on any atom is 0.333 e. The molecule has 2 aliphatic carbocycles. The normalized spacial score (nSPS) is 23.8. The molecular weight excluding hydrogens is 498 g/mol. The van der Waals surface area contributed by atoms with Crippen LogP contribution < -0.4 is 11.5 Å². The number of hydrogen-bond donors (Lipinski definition) is 2. The van der Waals surface area contributed by atoms with Crippen LogP contribution in [0.1, 0.15) is 35.1 Å². The van der Waals surface area contributed by atoms with Gasteiger partial charge in [-0.25, -0.2) is 9.59 Å². The van der Waals surface area contributed by atoms with Crippen LogP contribution >= 0.6 is 46.4 Å². The number of esters is 2. The smallest absolute Gasteiger partial charge is 0.333 e. The Kier molecular flexibility index (Phi) is 6.22. The van der Waals surface area contributed by atoms with E-state index < -0.39 is 23.4 Å². The summed E-state index contributed by atoms with van der Waals surface area (Å²) in [6.07, 6.45) is 3.75. The van der Waals surface area contributed by atoms with Gasteiger partial charge in [0.2, 0.25) is 0 Å². The van der Waals surface area contributed by atoms with E-state index in [0.29, 0.717) is 56.9 Å². The minimum Gasteiger partial charge on any atom is -0.437 e. The molecule has 0 amide bonds. The van der Waals surface area contributed by atoms with Gasteiger partial charge in [0.15, 0.2) is 11.4 Å². The zero-order chi connectivity index (χ0) is 23.3. The van der Waals surface area contributed by atoms with Crippen molar-refractivity contribution in [2.24, 2.45) is 11.5 Å². The largest absolute Gasteiger partial charge is 0.437 e. The average Bonchev–Trinajstić information content (AvgIpc) is 3.19. The summed E-state index contributed by atoms with van der Waals surface area (Å²) in [6.45, 7) is 0. The van der Waals surface area contributed by atoms with Gasteiger partial charge in [-0.3, -0.25) is 11.5 Å². The van der Waals surface area contributed by atoms with Gasteiger partial charge in [0.05, 0.1) is 20.1 Å². The number of ether oxygens (including phenoxy) is 2. The molecule has 2 unspecified atom stereocenters. The minimum atomic E-state index is -1.37. The molecule has 0 saturated heterocycles. The van der Waals surface area contributed by atoms with Gasteiger partial charge in [-0.2, -0.15) is 0 Å². The lowest BCUT2D eigenvalue weighted by atomic mass is 10.1. The average molecular weight is 516 g/mol. The molecule has 0 spiro atoms. The highest BCUT2D eigenvalue weighted by atomic mass is 35.5. The summed E-state index contributed by atoms with van der Waals surface area (Å²) in [7, 11) is 0. The molecule has 2 aliphatic rings. The van der Waals surface area contributed by atoms with Crippen molar-refractivity contribution in [3.63, 3.8) is 0 Å². The minimum absolute atomic E-state index is 0.309. The zero-order valence-corrected chi connectivity index (χ0v) is 19.6. The molecule has 0 heterocycles. The van der Waals surface area contributed by atoms with Crippen LogP contribution in [0.15, 0.2) is 36.4 Å². The number of halogens is 4. The molecule has 2 aromatic carbocycles. The van der Waals surface area contributed by atoms with Crippen molar-refractivity contribution in [1.29, 1.82) is 0 Å². The molecule has 10 heteroatoms. The standard InChI is InChI=1S/C22H18Cl4N2O4/c23-15-7-11-3-5-21(27,13(11)9-17(15)25)31-19(29)1-2-20(30)32-22(28)6-4-12-8-16(24)18(26)10-14(12)22/h1-2,7-10H,3-6,27-28H2/b2-1-. The fourth-order valence-electron chi connectivity index (χ4n) is 4.06. The third kappa shape index (κ3) is 4.36. The summed E-state index contributed by atoms with van der Waals surface area (Å²) in [4.78, 5) is 24.7. The Hall–Kier alpha value is -1.80. The quantitative estimate of drug-likeness (QED) is 0.345. The third-order valence-electron chi connectivity index (χ3n) is 5.66. The SMILES string of the molecule is NC1(OC(=O)/C=C\C(=O)OC2(N)CCc3cc(Cl)c(Cl)cc32)CCc2cc(Cl)c(Cl)cc21. The summed E-state index contributed by atoms with van der Waals surface area (Å²) in [5.41, 5.74) is 12.7. The van der Waals surface area contributed by atoms with Gasteiger partial charge in [-0.05, 0) is 48.2 Å². The van der Waals surface area contributed by atoms with E-state index in [4.69, 9.17) is 67.3 Å². The number of rotatable bonds is 4. The third-order valence-corrected chi connectivity index (χ3v) is 7.10. The van der Waals surface area contributed by atoms with E-state index >= 15 is 0 Å². The molecule has 0 aliphatic heterocycles. The van der Waals surface area contributed by atoms with Crippen molar-refractivity contribution < 1.29 is 19.1 Å². The highest BCUT2D eigenvalue weighted by Gasteiger charge is 2.40. The van der Waals surface area contributed by atoms with E-state index in [1.165, 1.54) is 0 Å². The molecule has 0 saturated carbocycles. The summed E-state index contributed by atoms with van der Waals surface area (Å²) in [5.74, 6) is -1.62. The van der Waals surface area contributed by atoms with Crippen molar-refractivity contribution in [2.75, 3.05) is 0 Å². The van der Waals surface area contributed by atoms with Crippen LogP contribution in [-0.2, 0) is 43.4 Å². The highest BCUT2D eigenvalue weighted by molar-refractivity contribution is 6.42. The molecule has 4 rings (SSSR count). The Morgan fingerprint density at radius 2 is 1.06 bits per heavy atom. The summed E-state index contributed by atoms with van der Waals surface area (Å²) < 4.78 is 10.9. The number of nitrogens with two attached hydrogens (primary N) is 2. The van der Waals surface area contributed by atoms with Gasteiger partial charge >= 0.3 is 11.9 Å². The van der Waals surface area contributed by atoms with Crippen LogP contribution in [0.3, 0.4) is 0 Å². The monoisotopic (exact) mass is 514 g/mol. The number of benzene rings is 2. The highest BCUT2D eigenvalue weighted by Crippen LogP contribution is 2.41. The molecule has 0 bridgehead atoms. The fraction of sp³-hybridized carbons (Fsp3) is 0.273. The fourth-order valence-corrected chi connectivity index (χ4v) is 4.76. The van der Waals surface area contributed by atoms with Crippen molar-refractivity contribution >= 4 is 58.3 Å². The Balaban J connectivity index is 1.43. The number of fused-ring (bicyclic) bond motifs is 2. The van der Waals surface area contributed by atoms with Crippen molar-refractivity contribution in [2.45, 2.75) is 37.1 Å². The second-order valence-corrected chi connectivity index (χ2v) is 9.43. The van der Waals surface area contributed by atoms with Gasteiger partial charge in [0.25, 0.3) is 0 Å². The van der Waals surface area contributed by atoms with Gasteiger partial charge < -0.3 is 9.47 Å². The topological polar surface area (TPSA) is 105 Å². The predicted molar refractivity (Wildman–Crippen MR) is 123 cm³/mol. The molecular formula is C22H18Cl4N2O4. The van der Waals surface area contributed by atoms with Gasteiger partial charge in [-0.15, -0.1) is 0 Å². The predicted octanol–water partition coefficient (Wildman–Crippen LogP) is 4.76. The maximum atomic E-state index is 12.3. The second-order valence-electron chi connectivity index (χ2n) is 7.80. The Morgan fingerprint density at radius 3 is 1.44 bits per heavy atom.